The van der Waals surface area contributed by atoms with Gasteiger partial charge in [0.05, 0.1) is 11.2 Å². The third kappa shape index (κ3) is 1.19. The summed E-state index contributed by atoms with van der Waals surface area (Å²) in [5, 5.41) is 1.28. The Morgan fingerprint density at radius 3 is 2.67 bits per heavy atom. The molecule has 2 aromatic carbocycles. The van der Waals surface area contributed by atoms with Crippen molar-refractivity contribution in [3.05, 3.63) is 65.2 Å². The summed E-state index contributed by atoms with van der Waals surface area (Å²) >= 11 is 0. The Balaban J connectivity index is 2.13. The molecule has 0 saturated heterocycles. The average molecular weight is 231 g/mol. The molecule has 4 rings (SSSR count). The summed E-state index contributed by atoms with van der Waals surface area (Å²) in [6, 6.07) is 17.0. The summed E-state index contributed by atoms with van der Waals surface area (Å²) in [6.45, 7) is 2.22. The standard InChI is InChI=1S/C17H13N/c1-11-13-7-4-5-9-16(13)18-17-14-8-3-2-6-12(14)10-15(11)17/h2-9H,10H2,1H3. The summed E-state index contributed by atoms with van der Waals surface area (Å²) in [7, 11) is 0. The molecule has 1 aromatic heterocycles. The number of hydrogen-bond donors (Lipinski definition) is 0. The number of nitrogens with zero attached hydrogens (tertiary/aromatic N) is 1. The Morgan fingerprint density at radius 1 is 0.944 bits per heavy atom. The first-order valence-corrected chi connectivity index (χ1v) is 6.31. The van der Waals surface area contributed by atoms with Gasteiger partial charge in [-0.15, -0.1) is 0 Å². The van der Waals surface area contributed by atoms with Crippen molar-refractivity contribution in [1.82, 2.24) is 4.98 Å². The minimum absolute atomic E-state index is 1.02. The molecular weight excluding hydrogens is 218 g/mol. The first-order chi connectivity index (χ1) is 8.84. The van der Waals surface area contributed by atoms with Crippen LogP contribution >= 0.6 is 0 Å². The monoisotopic (exact) mass is 231 g/mol. The highest BCUT2D eigenvalue weighted by Crippen LogP contribution is 2.38. The fourth-order valence-electron chi connectivity index (χ4n) is 2.95. The minimum Gasteiger partial charge on any atom is -0.247 e. The van der Waals surface area contributed by atoms with E-state index in [0.717, 1.165) is 11.9 Å². The maximum absolute atomic E-state index is 4.86. The molecule has 0 atom stereocenters. The Labute approximate surface area is 106 Å². The number of benzene rings is 2. The smallest absolute Gasteiger partial charge is 0.0750 e. The molecule has 0 unspecified atom stereocenters. The van der Waals surface area contributed by atoms with E-state index in [4.69, 9.17) is 4.98 Å². The molecule has 1 heterocycles. The fraction of sp³-hybridized carbons (Fsp3) is 0.118. The zero-order chi connectivity index (χ0) is 12.1. The molecule has 0 saturated carbocycles. The van der Waals surface area contributed by atoms with Crippen LogP contribution < -0.4 is 0 Å². The van der Waals surface area contributed by atoms with Gasteiger partial charge in [0.2, 0.25) is 0 Å². The van der Waals surface area contributed by atoms with Gasteiger partial charge in [0, 0.05) is 17.4 Å². The van der Waals surface area contributed by atoms with E-state index >= 15 is 0 Å². The number of hydrogen-bond acceptors (Lipinski definition) is 1. The number of pyridine rings is 1. The van der Waals surface area contributed by atoms with Crippen molar-refractivity contribution in [3.63, 3.8) is 0 Å². The van der Waals surface area contributed by atoms with E-state index in [-0.39, 0.29) is 0 Å². The second-order valence-electron chi connectivity index (χ2n) is 4.92. The molecule has 0 N–H and O–H groups in total. The van der Waals surface area contributed by atoms with Gasteiger partial charge in [-0.3, -0.25) is 0 Å². The number of aromatic nitrogens is 1. The first kappa shape index (κ1) is 9.84. The van der Waals surface area contributed by atoms with E-state index < -0.39 is 0 Å². The van der Waals surface area contributed by atoms with Gasteiger partial charge in [0.25, 0.3) is 0 Å². The third-order valence-electron chi connectivity index (χ3n) is 3.92. The van der Waals surface area contributed by atoms with Gasteiger partial charge < -0.3 is 0 Å². The second kappa shape index (κ2) is 3.42. The quantitative estimate of drug-likeness (QED) is 0.443. The van der Waals surface area contributed by atoms with Gasteiger partial charge in [-0.1, -0.05) is 42.5 Å². The Bertz CT molecular complexity index is 772. The van der Waals surface area contributed by atoms with Crippen molar-refractivity contribution in [3.8, 4) is 11.3 Å². The predicted octanol–water partition coefficient (Wildman–Crippen LogP) is 4.11. The largest absolute Gasteiger partial charge is 0.247 e. The van der Waals surface area contributed by atoms with Crippen LogP contribution in [0.3, 0.4) is 0 Å². The van der Waals surface area contributed by atoms with Crippen LogP contribution in [0.4, 0.5) is 0 Å². The summed E-state index contributed by atoms with van der Waals surface area (Å²) in [5.74, 6) is 0. The van der Waals surface area contributed by atoms with E-state index in [1.54, 1.807) is 0 Å². The van der Waals surface area contributed by atoms with Crippen LogP contribution in [-0.2, 0) is 6.42 Å². The Morgan fingerprint density at radius 2 is 1.72 bits per heavy atom. The molecule has 0 aliphatic heterocycles. The fourth-order valence-corrected chi connectivity index (χ4v) is 2.95. The van der Waals surface area contributed by atoms with Gasteiger partial charge in [-0.25, -0.2) is 4.98 Å². The third-order valence-corrected chi connectivity index (χ3v) is 3.92. The lowest BCUT2D eigenvalue weighted by molar-refractivity contribution is 1.21. The van der Waals surface area contributed by atoms with Crippen molar-refractivity contribution in [2.45, 2.75) is 13.3 Å². The Hall–Kier alpha value is -2.15. The second-order valence-corrected chi connectivity index (χ2v) is 4.92. The molecule has 1 heteroatoms. The highest BCUT2D eigenvalue weighted by atomic mass is 14.7. The lowest BCUT2D eigenvalue weighted by Crippen LogP contribution is -1.92. The minimum atomic E-state index is 1.02. The van der Waals surface area contributed by atoms with Crippen LogP contribution in [0.5, 0.6) is 0 Å². The molecule has 0 radical (unpaired) electrons. The van der Waals surface area contributed by atoms with E-state index in [2.05, 4.69) is 55.5 Å². The van der Waals surface area contributed by atoms with Gasteiger partial charge >= 0.3 is 0 Å². The zero-order valence-electron chi connectivity index (χ0n) is 10.3. The van der Waals surface area contributed by atoms with E-state index in [0.29, 0.717) is 0 Å². The van der Waals surface area contributed by atoms with Crippen LogP contribution in [-0.4, -0.2) is 4.98 Å². The van der Waals surface area contributed by atoms with Gasteiger partial charge in [0.15, 0.2) is 0 Å². The maximum atomic E-state index is 4.86. The normalized spacial score (nSPS) is 12.5. The van der Waals surface area contributed by atoms with E-state index in [1.807, 2.05) is 0 Å². The topological polar surface area (TPSA) is 12.9 Å². The lowest BCUT2D eigenvalue weighted by atomic mass is 10.0. The van der Waals surface area contributed by atoms with E-state index in [9.17, 15) is 0 Å². The highest BCUT2D eigenvalue weighted by Gasteiger charge is 2.22. The molecule has 86 valence electrons. The molecule has 0 amide bonds. The summed E-state index contributed by atoms with van der Waals surface area (Å²) < 4.78 is 0. The summed E-state index contributed by atoms with van der Waals surface area (Å²) in [5.41, 5.74) is 7.77. The molecule has 0 spiro atoms. The SMILES string of the molecule is Cc1c2c(nc3ccccc13)-c1ccccc1C2. The number of para-hydroxylation sites is 1. The molecule has 3 aromatic rings. The number of rotatable bonds is 0. The molecule has 1 aliphatic carbocycles. The van der Waals surface area contributed by atoms with Crippen LogP contribution in [0.1, 0.15) is 16.7 Å². The van der Waals surface area contributed by atoms with Crippen molar-refractivity contribution in [2.24, 2.45) is 0 Å². The molecular formula is C17H13N. The van der Waals surface area contributed by atoms with Gasteiger partial charge in [-0.2, -0.15) is 0 Å². The lowest BCUT2D eigenvalue weighted by Gasteiger charge is -2.08. The van der Waals surface area contributed by atoms with Crippen LogP contribution in [0, 0.1) is 6.92 Å². The average Bonchev–Trinajstić information content (AvgIpc) is 2.79. The highest BCUT2D eigenvalue weighted by molar-refractivity contribution is 5.89. The summed E-state index contributed by atoms with van der Waals surface area (Å²) in [4.78, 5) is 4.86. The molecule has 0 bridgehead atoms. The number of fused-ring (bicyclic) bond motifs is 4. The molecule has 0 fully saturated rings. The van der Waals surface area contributed by atoms with Gasteiger partial charge in [-0.05, 0) is 29.7 Å². The van der Waals surface area contributed by atoms with Crippen LogP contribution in [0.15, 0.2) is 48.5 Å². The molecule has 18 heavy (non-hydrogen) atoms. The number of aryl methyl sites for hydroxylation is 1. The molecule has 1 aliphatic rings. The van der Waals surface area contributed by atoms with Crippen molar-refractivity contribution >= 4 is 10.9 Å². The zero-order valence-corrected chi connectivity index (χ0v) is 10.3. The van der Waals surface area contributed by atoms with Crippen molar-refractivity contribution < 1.29 is 0 Å². The maximum Gasteiger partial charge on any atom is 0.0750 e. The summed E-state index contributed by atoms with van der Waals surface area (Å²) in [6.07, 6.45) is 1.02. The predicted molar refractivity (Wildman–Crippen MR) is 74.7 cm³/mol. The van der Waals surface area contributed by atoms with Crippen LogP contribution in [0.2, 0.25) is 0 Å². The van der Waals surface area contributed by atoms with Crippen molar-refractivity contribution in [2.75, 3.05) is 0 Å². The van der Waals surface area contributed by atoms with Gasteiger partial charge in [0.1, 0.15) is 0 Å². The van der Waals surface area contributed by atoms with E-state index in [1.165, 1.54) is 33.3 Å². The first-order valence-electron chi connectivity index (χ1n) is 6.31. The Kier molecular flexibility index (Phi) is 1.87. The molecule has 1 nitrogen and oxygen atoms in total. The van der Waals surface area contributed by atoms with Crippen LogP contribution in [0.25, 0.3) is 22.2 Å². The van der Waals surface area contributed by atoms with Crippen molar-refractivity contribution in [1.29, 1.82) is 0 Å².